The second-order valence-electron chi connectivity index (χ2n) is 9.50. The molecule has 2 aromatic rings. The predicted octanol–water partition coefficient (Wildman–Crippen LogP) is 1.92. The fourth-order valence-corrected chi connectivity index (χ4v) is 4.07. The van der Waals surface area contributed by atoms with Gasteiger partial charge in [-0.1, -0.05) is 56.3 Å². The summed E-state index contributed by atoms with van der Waals surface area (Å²) >= 11 is 0. The van der Waals surface area contributed by atoms with E-state index in [0.717, 1.165) is 12.0 Å². The summed E-state index contributed by atoms with van der Waals surface area (Å²) in [5, 5.41) is 8.28. The highest BCUT2D eigenvalue weighted by Crippen LogP contribution is 2.19. The highest BCUT2D eigenvalue weighted by Gasteiger charge is 2.31. The second-order valence-corrected chi connectivity index (χ2v) is 9.50. The number of nitrogens with zero attached hydrogens (tertiary/aromatic N) is 1. The molecule has 3 N–H and O–H groups in total. The summed E-state index contributed by atoms with van der Waals surface area (Å²) in [7, 11) is 1.64. The van der Waals surface area contributed by atoms with Gasteiger partial charge >= 0.3 is 0 Å². The fraction of sp³-hybridized carbons (Fsp3) is 0.429. The Hall–Kier alpha value is -3.88. The van der Waals surface area contributed by atoms with Crippen LogP contribution in [0.5, 0.6) is 5.75 Å². The van der Waals surface area contributed by atoms with Gasteiger partial charge in [0, 0.05) is 13.6 Å². The number of fused-ring (bicyclic) bond motifs is 1. The average Bonchev–Trinajstić information content (AvgIpc) is 2.89. The van der Waals surface area contributed by atoms with Gasteiger partial charge in [0.15, 0.2) is 0 Å². The zero-order chi connectivity index (χ0) is 26.8. The Morgan fingerprint density at radius 1 is 1.05 bits per heavy atom. The third kappa shape index (κ3) is 8.06. The van der Waals surface area contributed by atoms with Crippen LogP contribution >= 0.6 is 0 Å². The molecule has 9 nitrogen and oxygen atoms in total. The lowest BCUT2D eigenvalue weighted by Gasteiger charge is -2.28. The van der Waals surface area contributed by atoms with Crippen LogP contribution in [-0.2, 0) is 20.8 Å². The molecular formula is C28H36N4O5. The van der Waals surface area contributed by atoms with Gasteiger partial charge in [0.2, 0.25) is 17.7 Å². The van der Waals surface area contributed by atoms with Crippen LogP contribution in [0.3, 0.4) is 0 Å². The lowest BCUT2D eigenvalue weighted by atomic mass is 10.0. The number of hydrogen-bond acceptors (Lipinski definition) is 5. The van der Waals surface area contributed by atoms with Crippen LogP contribution in [0.25, 0.3) is 0 Å². The summed E-state index contributed by atoms with van der Waals surface area (Å²) in [5.74, 6) is -1.56. The summed E-state index contributed by atoms with van der Waals surface area (Å²) in [6.07, 6.45) is 1.18. The van der Waals surface area contributed by atoms with Gasteiger partial charge in [0.25, 0.3) is 5.91 Å². The molecule has 0 radical (unpaired) electrons. The first kappa shape index (κ1) is 27.7. The Kier molecular flexibility index (Phi) is 10.1. The third-order valence-electron chi connectivity index (χ3n) is 6.24. The molecule has 0 spiro atoms. The van der Waals surface area contributed by atoms with E-state index in [1.54, 1.807) is 31.3 Å². The summed E-state index contributed by atoms with van der Waals surface area (Å²) in [6, 6.07) is 14.7. The molecule has 3 rings (SSSR count). The van der Waals surface area contributed by atoms with Crippen molar-refractivity contribution in [2.45, 2.75) is 45.2 Å². The molecule has 9 heteroatoms. The van der Waals surface area contributed by atoms with Crippen molar-refractivity contribution >= 4 is 23.6 Å². The quantitative estimate of drug-likeness (QED) is 0.516. The van der Waals surface area contributed by atoms with E-state index in [0.29, 0.717) is 18.7 Å². The first-order chi connectivity index (χ1) is 17.8. The standard InChI is InChI=1S/C28H36N4O5/c1-19(2)25-28(36)32(3)16-17-37-23-14-8-7-13-21(23)26(34)30-22(18-24(33)31-25)27(35)29-15-9-12-20-10-5-4-6-11-20/h4-8,10-11,13-14,19,22,25H,9,12,15-18H2,1-3H3,(H,29,35)(H,30,34)(H,31,33)/t22-,25-/m0/s1. The van der Waals surface area contributed by atoms with Crippen LogP contribution < -0.4 is 20.7 Å². The lowest BCUT2D eigenvalue weighted by molar-refractivity contribution is -0.137. The Labute approximate surface area is 217 Å². The van der Waals surface area contributed by atoms with Crippen molar-refractivity contribution in [3.8, 4) is 5.75 Å². The van der Waals surface area contributed by atoms with Crippen molar-refractivity contribution in [1.29, 1.82) is 0 Å². The number of hydrogen-bond donors (Lipinski definition) is 3. The van der Waals surface area contributed by atoms with E-state index in [1.165, 1.54) is 4.90 Å². The molecule has 2 aromatic carbocycles. The van der Waals surface area contributed by atoms with Gasteiger partial charge in [-0.2, -0.15) is 0 Å². The van der Waals surface area contributed by atoms with Crippen LogP contribution in [0, 0.1) is 5.92 Å². The zero-order valence-electron chi connectivity index (χ0n) is 21.7. The maximum Gasteiger partial charge on any atom is 0.255 e. The number of amides is 4. The minimum Gasteiger partial charge on any atom is -0.491 e. The monoisotopic (exact) mass is 508 g/mol. The maximum atomic E-state index is 13.1. The number of benzene rings is 2. The molecule has 0 aliphatic carbocycles. The molecule has 2 atom stereocenters. The molecule has 37 heavy (non-hydrogen) atoms. The van der Waals surface area contributed by atoms with Crippen molar-refractivity contribution in [1.82, 2.24) is 20.9 Å². The van der Waals surface area contributed by atoms with Crippen LogP contribution in [0.15, 0.2) is 54.6 Å². The van der Waals surface area contributed by atoms with Crippen molar-refractivity contribution in [2.75, 3.05) is 26.7 Å². The van der Waals surface area contributed by atoms with Gasteiger partial charge in [-0.15, -0.1) is 0 Å². The number of aryl methyl sites for hydroxylation is 1. The van der Waals surface area contributed by atoms with E-state index in [4.69, 9.17) is 4.74 Å². The van der Waals surface area contributed by atoms with Gasteiger partial charge < -0.3 is 25.6 Å². The van der Waals surface area contributed by atoms with Gasteiger partial charge in [-0.3, -0.25) is 19.2 Å². The number of carbonyl (C=O) groups excluding carboxylic acids is 4. The van der Waals surface area contributed by atoms with Crippen molar-refractivity contribution < 1.29 is 23.9 Å². The Balaban J connectivity index is 1.77. The fourth-order valence-electron chi connectivity index (χ4n) is 4.07. The maximum absolute atomic E-state index is 13.1. The number of rotatable bonds is 6. The minimum absolute atomic E-state index is 0.163. The molecule has 0 aromatic heterocycles. The van der Waals surface area contributed by atoms with Gasteiger partial charge in [0.1, 0.15) is 24.4 Å². The molecular weight excluding hydrogens is 472 g/mol. The predicted molar refractivity (Wildman–Crippen MR) is 140 cm³/mol. The molecule has 0 unspecified atom stereocenters. The van der Waals surface area contributed by atoms with E-state index in [-0.39, 0.29) is 37.0 Å². The Morgan fingerprint density at radius 3 is 2.49 bits per heavy atom. The molecule has 4 amide bonds. The summed E-state index contributed by atoms with van der Waals surface area (Å²) < 4.78 is 5.81. The molecule has 1 heterocycles. The van der Waals surface area contributed by atoms with Crippen molar-refractivity contribution in [2.24, 2.45) is 5.92 Å². The van der Waals surface area contributed by atoms with Crippen LogP contribution in [0.2, 0.25) is 0 Å². The smallest absolute Gasteiger partial charge is 0.255 e. The second kappa shape index (κ2) is 13.4. The van der Waals surface area contributed by atoms with Crippen LogP contribution in [-0.4, -0.2) is 67.4 Å². The van der Waals surface area contributed by atoms with Crippen LogP contribution in [0.1, 0.15) is 42.6 Å². The molecule has 198 valence electrons. The summed E-state index contributed by atoms with van der Waals surface area (Å²) in [4.78, 5) is 53.7. The molecule has 0 saturated carbocycles. The van der Waals surface area contributed by atoms with Crippen molar-refractivity contribution in [3.05, 3.63) is 65.7 Å². The first-order valence-corrected chi connectivity index (χ1v) is 12.6. The number of ether oxygens (including phenoxy) is 1. The third-order valence-corrected chi connectivity index (χ3v) is 6.24. The molecule has 1 aliphatic rings. The lowest BCUT2D eigenvalue weighted by Crippen LogP contribution is -2.54. The van der Waals surface area contributed by atoms with E-state index < -0.39 is 29.8 Å². The number of para-hydroxylation sites is 1. The molecule has 0 bridgehead atoms. The van der Waals surface area contributed by atoms with E-state index in [1.807, 2.05) is 44.2 Å². The van der Waals surface area contributed by atoms with E-state index >= 15 is 0 Å². The number of likely N-dealkylation sites (N-methyl/N-ethyl adjacent to an activating group) is 1. The normalized spacial score (nSPS) is 19.2. The number of nitrogens with one attached hydrogen (secondary N) is 3. The molecule has 1 aliphatic heterocycles. The topological polar surface area (TPSA) is 117 Å². The minimum atomic E-state index is -1.12. The molecule has 0 fully saturated rings. The zero-order valence-corrected chi connectivity index (χ0v) is 21.7. The highest BCUT2D eigenvalue weighted by molar-refractivity contribution is 6.01. The van der Waals surface area contributed by atoms with E-state index in [2.05, 4.69) is 16.0 Å². The van der Waals surface area contributed by atoms with Crippen LogP contribution in [0.4, 0.5) is 0 Å². The van der Waals surface area contributed by atoms with Crippen molar-refractivity contribution in [3.63, 3.8) is 0 Å². The Morgan fingerprint density at radius 2 is 1.76 bits per heavy atom. The van der Waals surface area contributed by atoms with Gasteiger partial charge in [-0.05, 0) is 36.5 Å². The SMILES string of the molecule is CC(C)[C@@H]1NC(=O)C[C@@H](C(=O)NCCCc2ccccc2)NC(=O)c2ccccc2OCCN(C)C1=O. The van der Waals surface area contributed by atoms with Gasteiger partial charge in [0.05, 0.1) is 18.5 Å². The highest BCUT2D eigenvalue weighted by atomic mass is 16.5. The molecule has 0 saturated heterocycles. The number of carbonyl (C=O) groups is 4. The van der Waals surface area contributed by atoms with E-state index in [9.17, 15) is 19.2 Å². The first-order valence-electron chi connectivity index (χ1n) is 12.6. The Bertz CT molecular complexity index is 1090. The summed E-state index contributed by atoms with van der Waals surface area (Å²) in [5.41, 5.74) is 1.41. The van der Waals surface area contributed by atoms with Gasteiger partial charge in [-0.25, -0.2) is 0 Å². The largest absolute Gasteiger partial charge is 0.491 e. The summed E-state index contributed by atoms with van der Waals surface area (Å²) in [6.45, 7) is 4.51. The average molecular weight is 509 g/mol.